The summed E-state index contributed by atoms with van der Waals surface area (Å²) >= 11 is 1.63. The van der Waals surface area contributed by atoms with Gasteiger partial charge in [-0.15, -0.1) is 0 Å². The Balaban J connectivity index is 1.94. The van der Waals surface area contributed by atoms with Gasteiger partial charge in [-0.25, -0.2) is 9.69 Å². The van der Waals surface area contributed by atoms with Crippen LogP contribution in [0, 0.1) is 5.92 Å². The molecule has 25 heavy (non-hydrogen) atoms. The highest BCUT2D eigenvalue weighted by atomic mass is 32.2. The number of imide groups is 1. The van der Waals surface area contributed by atoms with Crippen LogP contribution in [0.1, 0.15) is 25.3 Å². The second-order valence-electron chi connectivity index (χ2n) is 6.28. The van der Waals surface area contributed by atoms with Gasteiger partial charge in [0.2, 0.25) is 5.91 Å². The highest BCUT2D eigenvalue weighted by Gasteiger charge is 2.36. The largest absolute Gasteiger partial charge is 0.447 e. The number of ether oxygens (including phenoxy) is 1. The normalized spacial score (nSPS) is 15.3. The first-order chi connectivity index (χ1) is 12.1. The van der Waals surface area contributed by atoms with E-state index < -0.39 is 6.09 Å². The van der Waals surface area contributed by atoms with E-state index in [1.807, 2.05) is 68.4 Å². The number of amides is 2. The molecule has 1 saturated heterocycles. The third-order valence-corrected chi connectivity index (χ3v) is 5.28. The van der Waals surface area contributed by atoms with Crippen molar-refractivity contribution in [1.29, 1.82) is 0 Å². The summed E-state index contributed by atoms with van der Waals surface area (Å²) in [7, 11) is 0. The van der Waals surface area contributed by atoms with Crippen LogP contribution in [0.4, 0.5) is 4.79 Å². The molecule has 1 heterocycles. The quantitative estimate of drug-likeness (QED) is 0.789. The van der Waals surface area contributed by atoms with Crippen molar-refractivity contribution in [3.63, 3.8) is 0 Å². The van der Waals surface area contributed by atoms with E-state index in [1.54, 1.807) is 11.8 Å². The molecule has 3 rings (SSSR count). The monoisotopic (exact) mass is 355 g/mol. The number of hydrogen-bond acceptors (Lipinski definition) is 4. The van der Waals surface area contributed by atoms with Crippen molar-refractivity contribution < 1.29 is 14.3 Å². The van der Waals surface area contributed by atoms with E-state index in [0.717, 1.165) is 15.4 Å². The highest BCUT2D eigenvalue weighted by molar-refractivity contribution is 7.99. The van der Waals surface area contributed by atoms with Gasteiger partial charge in [0.05, 0.1) is 12.5 Å². The van der Waals surface area contributed by atoms with Gasteiger partial charge in [-0.05, 0) is 29.7 Å². The molecular weight excluding hydrogens is 334 g/mol. The minimum absolute atomic E-state index is 0.0680. The highest BCUT2D eigenvalue weighted by Crippen LogP contribution is 2.37. The van der Waals surface area contributed by atoms with E-state index in [2.05, 4.69) is 0 Å². The molecule has 0 bridgehead atoms. The van der Waals surface area contributed by atoms with E-state index in [9.17, 15) is 9.59 Å². The van der Waals surface area contributed by atoms with Crippen LogP contribution in [0.5, 0.6) is 0 Å². The predicted octanol–water partition coefficient (Wildman–Crippen LogP) is 4.56. The lowest BCUT2D eigenvalue weighted by Crippen LogP contribution is -2.37. The Morgan fingerprint density at radius 1 is 1.08 bits per heavy atom. The summed E-state index contributed by atoms with van der Waals surface area (Å²) in [6.07, 6.45) is -0.538. The van der Waals surface area contributed by atoms with Crippen molar-refractivity contribution in [3.05, 3.63) is 60.2 Å². The van der Waals surface area contributed by atoms with Crippen molar-refractivity contribution in [2.45, 2.75) is 29.6 Å². The SMILES string of the molecule is CC(C)C(C(=O)N1CCOC1=O)c1ccccc1Sc1ccccc1. The Kier molecular flexibility index (Phi) is 5.43. The van der Waals surface area contributed by atoms with Crippen molar-refractivity contribution in [1.82, 2.24) is 4.90 Å². The molecular formula is C20H21NO3S. The Labute approximate surface area is 152 Å². The zero-order valence-electron chi connectivity index (χ0n) is 14.3. The number of carbonyl (C=O) groups excluding carboxylic acids is 2. The second-order valence-corrected chi connectivity index (χ2v) is 7.39. The standard InChI is InChI=1S/C20H21NO3S/c1-14(2)18(19(22)21-12-13-24-20(21)23)16-10-6-7-11-17(16)25-15-8-4-3-5-9-15/h3-11,14,18H,12-13H2,1-2H3. The lowest BCUT2D eigenvalue weighted by Gasteiger charge is -2.25. The summed E-state index contributed by atoms with van der Waals surface area (Å²) in [5, 5.41) is 0. The maximum Gasteiger partial charge on any atom is 0.416 e. The smallest absolute Gasteiger partial charge is 0.416 e. The molecule has 0 spiro atoms. The molecule has 0 N–H and O–H groups in total. The predicted molar refractivity (Wildman–Crippen MR) is 97.6 cm³/mol. The first-order valence-electron chi connectivity index (χ1n) is 8.38. The average Bonchev–Trinajstić information content (AvgIpc) is 3.03. The van der Waals surface area contributed by atoms with Gasteiger partial charge >= 0.3 is 6.09 Å². The molecule has 1 unspecified atom stereocenters. The molecule has 1 atom stereocenters. The zero-order chi connectivity index (χ0) is 17.8. The summed E-state index contributed by atoms with van der Waals surface area (Å²) in [5.74, 6) is -0.491. The fourth-order valence-electron chi connectivity index (χ4n) is 2.98. The molecule has 5 heteroatoms. The Bertz CT molecular complexity index is 761. The van der Waals surface area contributed by atoms with Crippen molar-refractivity contribution in [2.75, 3.05) is 13.2 Å². The number of hydrogen-bond donors (Lipinski definition) is 0. The van der Waals surface area contributed by atoms with Gasteiger partial charge in [0, 0.05) is 9.79 Å². The minimum atomic E-state index is -0.538. The summed E-state index contributed by atoms with van der Waals surface area (Å²) in [5.41, 5.74) is 0.955. The Morgan fingerprint density at radius 3 is 2.40 bits per heavy atom. The van der Waals surface area contributed by atoms with Crippen LogP contribution < -0.4 is 0 Å². The van der Waals surface area contributed by atoms with Gasteiger partial charge in [0.1, 0.15) is 6.61 Å². The topological polar surface area (TPSA) is 46.6 Å². The van der Waals surface area contributed by atoms with Crippen molar-refractivity contribution in [3.8, 4) is 0 Å². The van der Waals surface area contributed by atoms with Gasteiger partial charge in [-0.2, -0.15) is 0 Å². The maximum absolute atomic E-state index is 13.0. The minimum Gasteiger partial charge on any atom is -0.447 e. The number of carbonyl (C=O) groups is 2. The van der Waals surface area contributed by atoms with Gasteiger partial charge in [0.25, 0.3) is 0 Å². The van der Waals surface area contributed by atoms with Gasteiger partial charge < -0.3 is 4.74 Å². The number of nitrogens with zero attached hydrogens (tertiary/aromatic N) is 1. The molecule has 2 amide bonds. The summed E-state index contributed by atoms with van der Waals surface area (Å²) in [6, 6.07) is 18.0. The van der Waals surface area contributed by atoms with Crippen LogP contribution in [-0.4, -0.2) is 30.1 Å². The lowest BCUT2D eigenvalue weighted by atomic mass is 9.87. The fourth-order valence-corrected chi connectivity index (χ4v) is 3.99. The number of benzene rings is 2. The third-order valence-electron chi connectivity index (χ3n) is 4.18. The zero-order valence-corrected chi connectivity index (χ0v) is 15.2. The molecule has 4 nitrogen and oxygen atoms in total. The number of rotatable bonds is 5. The molecule has 0 aliphatic carbocycles. The molecule has 2 aromatic rings. The van der Waals surface area contributed by atoms with E-state index >= 15 is 0 Å². The maximum atomic E-state index is 13.0. The first kappa shape index (κ1) is 17.5. The van der Waals surface area contributed by atoms with Crippen LogP contribution >= 0.6 is 11.8 Å². The summed E-state index contributed by atoms with van der Waals surface area (Å²) < 4.78 is 4.94. The second kappa shape index (κ2) is 7.74. The van der Waals surface area contributed by atoms with Gasteiger partial charge in [-0.3, -0.25) is 4.79 Å². The van der Waals surface area contributed by atoms with Crippen molar-refractivity contribution in [2.24, 2.45) is 5.92 Å². The van der Waals surface area contributed by atoms with E-state index in [0.29, 0.717) is 6.54 Å². The van der Waals surface area contributed by atoms with E-state index in [-0.39, 0.29) is 24.3 Å². The van der Waals surface area contributed by atoms with Crippen LogP contribution in [0.2, 0.25) is 0 Å². The van der Waals surface area contributed by atoms with E-state index in [4.69, 9.17) is 4.74 Å². The van der Waals surface area contributed by atoms with Crippen LogP contribution in [0.15, 0.2) is 64.4 Å². The van der Waals surface area contributed by atoms with Crippen LogP contribution in [0.3, 0.4) is 0 Å². The summed E-state index contributed by atoms with van der Waals surface area (Å²) in [6.45, 7) is 4.62. The van der Waals surface area contributed by atoms with Gasteiger partial charge in [-0.1, -0.05) is 62.0 Å². The first-order valence-corrected chi connectivity index (χ1v) is 9.19. The fraction of sp³-hybridized carbons (Fsp3) is 0.300. The third kappa shape index (κ3) is 3.87. The lowest BCUT2D eigenvalue weighted by molar-refractivity contribution is -0.130. The molecule has 1 fully saturated rings. The molecule has 0 aromatic heterocycles. The molecule has 130 valence electrons. The number of cyclic esters (lactones) is 1. The molecule has 0 saturated carbocycles. The van der Waals surface area contributed by atoms with Gasteiger partial charge in [0.15, 0.2) is 0 Å². The van der Waals surface area contributed by atoms with E-state index in [1.165, 1.54) is 4.90 Å². The molecule has 1 aliphatic rings. The Morgan fingerprint density at radius 2 is 1.76 bits per heavy atom. The van der Waals surface area contributed by atoms with Crippen molar-refractivity contribution >= 4 is 23.8 Å². The molecule has 2 aromatic carbocycles. The molecule has 0 radical (unpaired) electrons. The average molecular weight is 355 g/mol. The Hall–Kier alpha value is -2.27. The summed E-state index contributed by atoms with van der Waals surface area (Å²) in [4.78, 5) is 28.2. The molecule has 1 aliphatic heterocycles. The van der Waals surface area contributed by atoms with Crippen LogP contribution in [0.25, 0.3) is 0 Å². The van der Waals surface area contributed by atoms with Crippen LogP contribution in [-0.2, 0) is 9.53 Å².